The first kappa shape index (κ1) is 15.4. The summed E-state index contributed by atoms with van der Waals surface area (Å²) < 4.78 is 22.5. The molecule has 0 amide bonds. The van der Waals surface area contributed by atoms with Crippen molar-refractivity contribution in [3.63, 3.8) is 0 Å². The molecule has 0 saturated carbocycles. The average Bonchev–Trinajstić information content (AvgIpc) is 2.28. The van der Waals surface area contributed by atoms with Crippen LogP contribution in [0.25, 0.3) is 0 Å². The molecule has 0 aromatic heterocycles. The van der Waals surface area contributed by atoms with Crippen LogP contribution in [-0.2, 0) is 13.6 Å². The Balaban J connectivity index is 4.33. The van der Waals surface area contributed by atoms with Crippen LogP contribution < -0.4 is 0 Å². The van der Waals surface area contributed by atoms with Crippen LogP contribution >= 0.6 is 7.60 Å². The van der Waals surface area contributed by atoms with E-state index in [1.54, 1.807) is 6.07 Å². The van der Waals surface area contributed by atoms with Gasteiger partial charge in [0.1, 0.15) is 11.4 Å². The Bertz CT molecular complexity index is 282. The van der Waals surface area contributed by atoms with Crippen LogP contribution in [0.15, 0.2) is 11.9 Å². The molecule has 0 N–H and O–H groups in total. The van der Waals surface area contributed by atoms with Gasteiger partial charge < -0.3 is 9.05 Å². The van der Waals surface area contributed by atoms with Crippen LogP contribution in [0.3, 0.4) is 0 Å². The Hall–Kier alpha value is -0.620. The van der Waals surface area contributed by atoms with Crippen molar-refractivity contribution in [3.8, 4) is 6.07 Å². The van der Waals surface area contributed by atoms with Crippen molar-refractivity contribution in [1.82, 2.24) is 0 Å². The van der Waals surface area contributed by atoms with E-state index in [0.717, 1.165) is 25.7 Å². The lowest BCUT2D eigenvalue weighted by Gasteiger charge is -2.16. The van der Waals surface area contributed by atoms with Gasteiger partial charge in [-0.15, -0.1) is 0 Å². The first-order chi connectivity index (χ1) is 7.60. The molecule has 0 aromatic carbocycles. The summed E-state index contributed by atoms with van der Waals surface area (Å²) in [6, 6.07) is 1.75. The number of hydrogen-bond acceptors (Lipinski definition) is 4. The number of nitriles is 1. The summed E-state index contributed by atoms with van der Waals surface area (Å²) in [5.74, 6) is 0. The minimum atomic E-state index is -3.43. The predicted octanol–water partition coefficient (Wildman–Crippen LogP) is 3.85. The van der Waals surface area contributed by atoms with E-state index in [-0.39, 0.29) is 5.31 Å². The zero-order valence-electron chi connectivity index (χ0n) is 10.1. The van der Waals surface area contributed by atoms with Crippen LogP contribution in [0.5, 0.6) is 0 Å². The molecular weight excluding hydrogens is 225 g/mol. The number of rotatable bonds is 9. The van der Waals surface area contributed by atoms with Crippen molar-refractivity contribution < 1.29 is 13.6 Å². The molecule has 0 radical (unpaired) electrons. The summed E-state index contributed by atoms with van der Waals surface area (Å²) >= 11 is 0. The van der Waals surface area contributed by atoms with E-state index in [1.165, 1.54) is 0 Å². The Kier molecular flexibility index (Phi) is 8.19. The number of allylic oxidation sites excluding steroid dienone is 1. The van der Waals surface area contributed by atoms with Crippen molar-refractivity contribution in [2.24, 2.45) is 0 Å². The molecule has 0 fully saturated rings. The summed E-state index contributed by atoms with van der Waals surface area (Å²) in [6.07, 6.45) is 3.46. The predicted molar refractivity (Wildman–Crippen MR) is 64.1 cm³/mol. The van der Waals surface area contributed by atoms with Gasteiger partial charge in [-0.1, -0.05) is 33.3 Å². The fraction of sp³-hybridized carbons (Fsp3) is 0.727. The molecule has 92 valence electrons. The fourth-order valence-corrected chi connectivity index (χ4v) is 2.16. The van der Waals surface area contributed by atoms with Crippen LogP contribution in [0.4, 0.5) is 0 Å². The molecule has 0 aliphatic rings. The lowest BCUT2D eigenvalue weighted by Crippen LogP contribution is -2.00. The molecule has 0 aliphatic carbocycles. The molecule has 0 rings (SSSR count). The first-order valence-corrected chi connectivity index (χ1v) is 7.13. The van der Waals surface area contributed by atoms with Gasteiger partial charge in [0.05, 0.1) is 13.2 Å². The topological polar surface area (TPSA) is 59.3 Å². The molecule has 16 heavy (non-hydrogen) atoms. The minimum Gasteiger partial charge on any atom is -0.305 e. The lowest BCUT2D eigenvalue weighted by molar-refractivity contribution is 0.206. The quantitative estimate of drug-likeness (QED) is 0.351. The maximum Gasteiger partial charge on any atom is 0.371 e. The lowest BCUT2D eigenvalue weighted by atomic mass is 10.4. The van der Waals surface area contributed by atoms with Crippen molar-refractivity contribution in [2.75, 3.05) is 13.2 Å². The minimum absolute atomic E-state index is 0.111. The van der Waals surface area contributed by atoms with Crippen molar-refractivity contribution in [3.05, 3.63) is 11.9 Å². The highest BCUT2D eigenvalue weighted by atomic mass is 31.2. The van der Waals surface area contributed by atoms with Crippen molar-refractivity contribution in [1.29, 1.82) is 5.26 Å². The molecule has 0 spiro atoms. The molecular formula is C11H20NO3P. The van der Waals surface area contributed by atoms with Gasteiger partial charge in [0.15, 0.2) is 0 Å². The highest BCUT2D eigenvalue weighted by molar-refractivity contribution is 7.58. The smallest absolute Gasteiger partial charge is 0.305 e. The van der Waals surface area contributed by atoms with Gasteiger partial charge >= 0.3 is 7.60 Å². The zero-order valence-corrected chi connectivity index (χ0v) is 11.0. The molecule has 0 aromatic rings. The molecule has 0 aliphatic heterocycles. The summed E-state index contributed by atoms with van der Waals surface area (Å²) in [7, 11) is -3.43. The van der Waals surface area contributed by atoms with E-state index in [4.69, 9.17) is 14.3 Å². The van der Waals surface area contributed by atoms with Crippen LogP contribution in [0.1, 0.15) is 39.5 Å². The standard InChI is InChI=1S/C11H20NO3P/c1-4-6-8-14-16(13,11(3)10-12)15-9-7-5-2/h3-9H2,1-2H3. The Morgan fingerprint density at radius 3 is 2.00 bits per heavy atom. The first-order valence-electron chi connectivity index (χ1n) is 5.59. The number of unbranched alkanes of at least 4 members (excludes halogenated alkanes) is 2. The van der Waals surface area contributed by atoms with Crippen molar-refractivity contribution in [2.45, 2.75) is 39.5 Å². The maximum atomic E-state index is 12.1. The van der Waals surface area contributed by atoms with E-state index in [1.807, 2.05) is 13.8 Å². The Labute approximate surface area is 97.8 Å². The van der Waals surface area contributed by atoms with Gasteiger partial charge in [0, 0.05) is 0 Å². The van der Waals surface area contributed by atoms with E-state index in [2.05, 4.69) is 6.58 Å². The molecule has 0 saturated heterocycles. The SMILES string of the molecule is C=C(C#N)P(=O)(OCCCC)OCCCC. The Morgan fingerprint density at radius 2 is 1.69 bits per heavy atom. The normalized spacial score (nSPS) is 11.1. The second-order valence-corrected chi connectivity index (χ2v) is 5.48. The van der Waals surface area contributed by atoms with E-state index < -0.39 is 7.60 Å². The van der Waals surface area contributed by atoms with Crippen LogP contribution in [0, 0.1) is 11.3 Å². The molecule has 0 atom stereocenters. The van der Waals surface area contributed by atoms with Gasteiger partial charge in [0.25, 0.3) is 0 Å². The maximum absolute atomic E-state index is 12.1. The van der Waals surface area contributed by atoms with Gasteiger partial charge in [-0.2, -0.15) is 5.26 Å². The highest BCUT2D eigenvalue weighted by Gasteiger charge is 2.28. The van der Waals surface area contributed by atoms with Crippen molar-refractivity contribution >= 4 is 7.60 Å². The summed E-state index contributed by atoms with van der Waals surface area (Å²) in [5.41, 5.74) is 0. The molecule has 0 bridgehead atoms. The second-order valence-electron chi connectivity index (χ2n) is 3.43. The third-order valence-corrected chi connectivity index (χ3v) is 3.78. The number of nitrogens with zero attached hydrogens (tertiary/aromatic N) is 1. The molecule has 0 heterocycles. The van der Waals surface area contributed by atoms with E-state index in [0.29, 0.717) is 13.2 Å². The van der Waals surface area contributed by atoms with E-state index in [9.17, 15) is 4.57 Å². The van der Waals surface area contributed by atoms with E-state index >= 15 is 0 Å². The third-order valence-electron chi connectivity index (χ3n) is 1.98. The molecule has 5 heteroatoms. The second kappa shape index (κ2) is 8.52. The van der Waals surface area contributed by atoms with Gasteiger partial charge in [0.2, 0.25) is 0 Å². The molecule has 4 nitrogen and oxygen atoms in total. The fourth-order valence-electron chi connectivity index (χ4n) is 0.912. The summed E-state index contributed by atoms with van der Waals surface area (Å²) in [6.45, 7) is 8.11. The van der Waals surface area contributed by atoms with Gasteiger partial charge in [-0.3, -0.25) is 4.57 Å². The Morgan fingerprint density at radius 1 is 1.25 bits per heavy atom. The molecule has 0 unspecified atom stereocenters. The van der Waals surface area contributed by atoms with Crippen LogP contribution in [-0.4, -0.2) is 13.2 Å². The van der Waals surface area contributed by atoms with Gasteiger partial charge in [-0.25, -0.2) is 0 Å². The monoisotopic (exact) mass is 245 g/mol. The largest absolute Gasteiger partial charge is 0.371 e. The van der Waals surface area contributed by atoms with Crippen LogP contribution in [0.2, 0.25) is 0 Å². The number of hydrogen-bond donors (Lipinski definition) is 0. The van der Waals surface area contributed by atoms with Gasteiger partial charge in [-0.05, 0) is 12.8 Å². The summed E-state index contributed by atoms with van der Waals surface area (Å²) in [5, 5.41) is 8.59. The average molecular weight is 245 g/mol. The third kappa shape index (κ3) is 5.46. The summed E-state index contributed by atoms with van der Waals surface area (Å²) in [4.78, 5) is 0. The zero-order chi connectivity index (χ0) is 12.4. The highest BCUT2D eigenvalue weighted by Crippen LogP contribution is 2.55.